The predicted molar refractivity (Wildman–Crippen MR) is 54.0 cm³/mol. The number of carboxylic acid groups (broad SMARTS) is 1. The second-order valence-electron chi connectivity index (χ2n) is 3.14. The van der Waals surface area contributed by atoms with E-state index in [2.05, 4.69) is 11.2 Å². The van der Waals surface area contributed by atoms with Crippen LogP contribution in [0.25, 0.3) is 0 Å². The minimum Gasteiger partial charge on any atom is -0.477 e. The highest BCUT2D eigenvalue weighted by molar-refractivity contribution is 5.88. The molecule has 0 unspecified atom stereocenters. The van der Waals surface area contributed by atoms with E-state index in [1.54, 1.807) is 0 Å². The van der Waals surface area contributed by atoms with Gasteiger partial charge in [0.2, 0.25) is 0 Å². The lowest BCUT2D eigenvalue weighted by Crippen LogP contribution is -2.12. The van der Waals surface area contributed by atoms with Crippen LogP contribution >= 0.6 is 0 Å². The van der Waals surface area contributed by atoms with Gasteiger partial charge < -0.3 is 10.4 Å². The molecule has 0 saturated heterocycles. The zero-order valence-corrected chi connectivity index (χ0v) is 9.07. The number of benzene rings is 1. The van der Waals surface area contributed by atoms with E-state index in [4.69, 9.17) is 5.11 Å². The number of rotatable bonds is 2. The molecule has 7 heteroatoms. The van der Waals surface area contributed by atoms with Crippen molar-refractivity contribution < 1.29 is 27.5 Å². The summed E-state index contributed by atoms with van der Waals surface area (Å²) < 4.78 is 53.1. The van der Waals surface area contributed by atoms with Crippen molar-refractivity contribution in [3.63, 3.8) is 0 Å². The van der Waals surface area contributed by atoms with E-state index in [1.165, 1.54) is 7.05 Å². The third kappa shape index (κ3) is 2.43. The van der Waals surface area contributed by atoms with Crippen LogP contribution in [0.15, 0.2) is 0 Å². The summed E-state index contributed by atoms with van der Waals surface area (Å²) in [5.74, 6) is -5.59. The van der Waals surface area contributed by atoms with Crippen LogP contribution < -0.4 is 5.32 Å². The van der Waals surface area contributed by atoms with E-state index in [9.17, 15) is 22.4 Å². The smallest absolute Gasteiger partial charge is 0.341 e. The Labute approximate surface area is 99.4 Å². The molecule has 0 bridgehead atoms. The summed E-state index contributed by atoms with van der Waals surface area (Å²) in [7, 11) is 1.51. The monoisotopic (exact) mass is 261 g/mol. The molecule has 18 heavy (non-hydrogen) atoms. The van der Waals surface area contributed by atoms with Gasteiger partial charge in [-0.3, -0.25) is 0 Å². The largest absolute Gasteiger partial charge is 0.477 e. The molecular formula is C11H7F4NO2. The molecule has 0 fully saturated rings. The fourth-order valence-corrected chi connectivity index (χ4v) is 1.15. The summed E-state index contributed by atoms with van der Waals surface area (Å²) in [6.45, 7) is 0.0444. The summed E-state index contributed by atoms with van der Waals surface area (Å²) in [6.07, 6.45) is 0. The Balaban J connectivity index is 3.50. The highest BCUT2D eigenvalue weighted by Crippen LogP contribution is 2.23. The van der Waals surface area contributed by atoms with Crippen molar-refractivity contribution in [1.82, 2.24) is 5.32 Å². The topological polar surface area (TPSA) is 49.3 Å². The summed E-state index contributed by atoms with van der Waals surface area (Å²) in [4.78, 5) is 10.5. The molecule has 1 aromatic rings. The Morgan fingerprint density at radius 1 is 1.17 bits per heavy atom. The molecule has 0 radical (unpaired) electrons. The normalized spacial score (nSPS) is 9.83. The Morgan fingerprint density at radius 2 is 1.67 bits per heavy atom. The van der Waals surface area contributed by atoms with Gasteiger partial charge >= 0.3 is 5.97 Å². The van der Waals surface area contributed by atoms with Crippen LogP contribution in [0.4, 0.5) is 17.6 Å². The van der Waals surface area contributed by atoms with Gasteiger partial charge in [0, 0.05) is 0 Å². The van der Waals surface area contributed by atoms with Gasteiger partial charge in [0.25, 0.3) is 0 Å². The molecule has 0 atom stereocenters. The molecule has 3 nitrogen and oxygen atoms in total. The van der Waals surface area contributed by atoms with E-state index < -0.39 is 40.4 Å². The quantitative estimate of drug-likeness (QED) is 0.482. The number of aromatic carboxylic acids is 1. The van der Waals surface area contributed by atoms with Crippen molar-refractivity contribution in [1.29, 1.82) is 0 Å². The van der Waals surface area contributed by atoms with Crippen LogP contribution in [-0.2, 0) is 0 Å². The zero-order valence-electron chi connectivity index (χ0n) is 9.07. The van der Waals surface area contributed by atoms with Gasteiger partial charge in [-0.05, 0) is 7.05 Å². The van der Waals surface area contributed by atoms with Crippen LogP contribution in [0.3, 0.4) is 0 Å². The maximum absolute atomic E-state index is 13.3. The zero-order chi connectivity index (χ0) is 13.9. The van der Waals surface area contributed by atoms with Crippen LogP contribution in [0, 0.1) is 35.1 Å². The number of hydrogen-bond acceptors (Lipinski definition) is 2. The maximum atomic E-state index is 13.3. The third-order valence-corrected chi connectivity index (χ3v) is 1.96. The van der Waals surface area contributed by atoms with Gasteiger partial charge in [-0.2, -0.15) is 0 Å². The highest BCUT2D eigenvalue weighted by atomic mass is 19.2. The molecule has 1 aromatic carbocycles. The number of hydrogen-bond donors (Lipinski definition) is 2. The van der Waals surface area contributed by atoms with E-state index >= 15 is 0 Å². The molecule has 0 aliphatic carbocycles. The van der Waals surface area contributed by atoms with E-state index in [0.29, 0.717) is 0 Å². The van der Waals surface area contributed by atoms with Crippen LogP contribution in [0.1, 0.15) is 15.9 Å². The summed E-state index contributed by atoms with van der Waals surface area (Å²) >= 11 is 0. The first kappa shape index (κ1) is 14.0. The van der Waals surface area contributed by atoms with E-state index in [1.807, 2.05) is 5.92 Å². The minimum absolute atomic E-state index is 0.0444. The number of carboxylic acids is 1. The van der Waals surface area contributed by atoms with Crippen LogP contribution in [0.5, 0.6) is 0 Å². The maximum Gasteiger partial charge on any atom is 0.341 e. The fourth-order valence-electron chi connectivity index (χ4n) is 1.15. The van der Waals surface area contributed by atoms with Gasteiger partial charge in [-0.15, -0.1) is 0 Å². The average molecular weight is 261 g/mol. The van der Waals surface area contributed by atoms with Crippen molar-refractivity contribution in [2.75, 3.05) is 13.6 Å². The van der Waals surface area contributed by atoms with Gasteiger partial charge in [0.05, 0.1) is 6.54 Å². The van der Waals surface area contributed by atoms with Gasteiger partial charge in [0.15, 0.2) is 23.3 Å². The van der Waals surface area contributed by atoms with Crippen molar-refractivity contribution in [3.05, 3.63) is 34.4 Å². The number of nitrogens with one attached hydrogen (secondary N) is 1. The Kier molecular flexibility index (Phi) is 4.28. The molecule has 96 valence electrons. The Morgan fingerprint density at radius 3 is 2.06 bits per heavy atom. The molecule has 0 aliphatic heterocycles. The summed E-state index contributed by atoms with van der Waals surface area (Å²) in [5.41, 5.74) is -2.81. The van der Waals surface area contributed by atoms with Gasteiger partial charge in [-0.25, -0.2) is 22.4 Å². The molecule has 2 N–H and O–H groups in total. The average Bonchev–Trinajstić information content (AvgIpc) is 2.31. The lowest BCUT2D eigenvalue weighted by molar-refractivity contribution is 0.0683. The standard InChI is InChI=1S/C11H7F4NO2/c1-16-4-2-3-5-7(12)9(14)6(11(17)18)10(15)8(5)13/h16H,4H2,1H3,(H,17,18). The molecule has 0 heterocycles. The van der Waals surface area contributed by atoms with Crippen molar-refractivity contribution in [2.45, 2.75) is 0 Å². The van der Waals surface area contributed by atoms with Crippen LogP contribution in [0.2, 0.25) is 0 Å². The van der Waals surface area contributed by atoms with Gasteiger partial charge in [0.1, 0.15) is 11.1 Å². The number of halogens is 4. The highest BCUT2D eigenvalue weighted by Gasteiger charge is 2.28. The summed E-state index contributed by atoms with van der Waals surface area (Å²) in [6, 6.07) is 0. The molecule has 0 amide bonds. The first-order chi connectivity index (χ1) is 8.41. The van der Waals surface area contributed by atoms with Crippen LogP contribution in [-0.4, -0.2) is 24.7 Å². The first-order valence-corrected chi connectivity index (χ1v) is 4.64. The second-order valence-corrected chi connectivity index (χ2v) is 3.14. The van der Waals surface area contributed by atoms with E-state index in [0.717, 1.165) is 0 Å². The lowest BCUT2D eigenvalue weighted by Gasteiger charge is -2.05. The van der Waals surface area contributed by atoms with Crippen molar-refractivity contribution >= 4 is 5.97 Å². The third-order valence-electron chi connectivity index (χ3n) is 1.96. The molecule has 0 saturated carbocycles. The molecule has 0 spiro atoms. The van der Waals surface area contributed by atoms with Gasteiger partial charge in [-0.1, -0.05) is 11.8 Å². The lowest BCUT2D eigenvalue weighted by atomic mass is 10.1. The first-order valence-electron chi connectivity index (χ1n) is 4.64. The minimum atomic E-state index is -2.10. The second kappa shape index (κ2) is 5.51. The summed E-state index contributed by atoms with van der Waals surface area (Å²) in [5, 5.41) is 11.0. The predicted octanol–water partition coefficient (Wildman–Crippen LogP) is 1.51. The fraction of sp³-hybridized carbons (Fsp3) is 0.182. The molecule has 0 aliphatic rings. The Hall–Kier alpha value is -2.07. The molecule has 1 rings (SSSR count). The Bertz CT molecular complexity index is 531. The van der Waals surface area contributed by atoms with Crippen molar-refractivity contribution in [2.24, 2.45) is 0 Å². The van der Waals surface area contributed by atoms with Crippen molar-refractivity contribution in [3.8, 4) is 11.8 Å². The number of carbonyl (C=O) groups is 1. The van der Waals surface area contributed by atoms with E-state index in [-0.39, 0.29) is 6.54 Å². The molecular weight excluding hydrogens is 254 g/mol. The molecule has 0 aromatic heterocycles. The SMILES string of the molecule is CNCC#Cc1c(F)c(F)c(C(=O)O)c(F)c1F.